The van der Waals surface area contributed by atoms with E-state index < -0.39 is 0 Å². The van der Waals surface area contributed by atoms with E-state index in [-0.39, 0.29) is 31.2 Å². The van der Waals surface area contributed by atoms with Crippen LogP contribution in [0, 0.1) is 0 Å². The monoisotopic (exact) mass is 259 g/mol. The Morgan fingerprint density at radius 1 is 1.53 bits per heavy atom. The molecular formula is C12H18ClNO3. The minimum Gasteiger partial charge on any atom is -0.491 e. The number of aliphatic hydroxyl groups is 1. The van der Waals surface area contributed by atoms with Crippen LogP contribution in [0.5, 0.6) is 5.75 Å². The van der Waals surface area contributed by atoms with Crippen LogP contribution in [0.3, 0.4) is 0 Å². The topological polar surface area (TPSA) is 68.0 Å². The van der Waals surface area contributed by atoms with Crippen molar-refractivity contribution in [3.05, 3.63) is 29.8 Å². The van der Waals surface area contributed by atoms with Crippen molar-refractivity contribution in [2.24, 2.45) is 5.73 Å². The van der Waals surface area contributed by atoms with Crippen LogP contribution in [0.1, 0.15) is 5.56 Å². The van der Waals surface area contributed by atoms with Crippen molar-refractivity contribution in [1.82, 2.24) is 0 Å². The molecule has 0 spiro atoms. The van der Waals surface area contributed by atoms with Gasteiger partial charge in [-0.1, -0.05) is 12.1 Å². The Kier molecular flexibility index (Phi) is 5.71. The summed E-state index contributed by atoms with van der Waals surface area (Å²) < 4.78 is 10.6. The van der Waals surface area contributed by atoms with E-state index >= 15 is 0 Å². The van der Waals surface area contributed by atoms with Crippen molar-refractivity contribution < 1.29 is 14.6 Å². The van der Waals surface area contributed by atoms with Crippen molar-refractivity contribution in [1.29, 1.82) is 0 Å². The summed E-state index contributed by atoms with van der Waals surface area (Å²) in [7, 11) is 0. The summed E-state index contributed by atoms with van der Waals surface area (Å²) in [5.41, 5.74) is 6.76. The molecule has 0 saturated carbocycles. The minimum absolute atomic E-state index is 0. The first-order chi connectivity index (χ1) is 7.78. The van der Waals surface area contributed by atoms with Gasteiger partial charge in [0.05, 0.1) is 13.2 Å². The Morgan fingerprint density at radius 3 is 2.94 bits per heavy atom. The summed E-state index contributed by atoms with van der Waals surface area (Å²) in [4.78, 5) is 0. The Balaban J connectivity index is 0.00000144. The molecule has 0 aliphatic carbocycles. The molecule has 1 heterocycles. The molecule has 1 aromatic rings. The molecule has 2 unspecified atom stereocenters. The van der Waals surface area contributed by atoms with Crippen LogP contribution in [0.4, 0.5) is 0 Å². The molecule has 2 rings (SSSR count). The molecule has 0 radical (unpaired) electrons. The summed E-state index contributed by atoms with van der Waals surface area (Å²) in [5, 5.41) is 8.88. The molecule has 0 amide bonds. The van der Waals surface area contributed by atoms with Crippen LogP contribution in [-0.4, -0.2) is 37.1 Å². The summed E-state index contributed by atoms with van der Waals surface area (Å²) in [6.07, 6.45) is 0.927. The molecule has 0 bridgehead atoms. The van der Waals surface area contributed by atoms with E-state index in [2.05, 4.69) is 0 Å². The highest BCUT2D eigenvalue weighted by molar-refractivity contribution is 5.85. The van der Waals surface area contributed by atoms with Gasteiger partial charge in [0.15, 0.2) is 0 Å². The molecule has 3 N–H and O–H groups in total. The average molecular weight is 260 g/mol. The van der Waals surface area contributed by atoms with Gasteiger partial charge in [-0.25, -0.2) is 0 Å². The van der Waals surface area contributed by atoms with Crippen LogP contribution in [-0.2, 0) is 11.2 Å². The predicted octanol–water partition coefficient (Wildman–Crippen LogP) is 0.748. The fraction of sp³-hybridized carbons (Fsp3) is 0.500. The normalized spacial score (nSPS) is 19.3. The Bertz CT molecular complexity index is 344. The zero-order valence-corrected chi connectivity index (χ0v) is 10.4. The fourth-order valence-electron chi connectivity index (χ4n) is 1.48. The van der Waals surface area contributed by atoms with Crippen molar-refractivity contribution in [2.45, 2.75) is 18.6 Å². The van der Waals surface area contributed by atoms with Crippen LogP contribution >= 0.6 is 12.4 Å². The highest BCUT2D eigenvalue weighted by Crippen LogP contribution is 2.17. The second-order valence-corrected chi connectivity index (χ2v) is 4.06. The zero-order valence-electron chi connectivity index (χ0n) is 9.54. The molecule has 0 aromatic heterocycles. The van der Waals surface area contributed by atoms with E-state index in [0.29, 0.717) is 13.0 Å². The van der Waals surface area contributed by atoms with Crippen LogP contribution < -0.4 is 10.5 Å². The predicted molar refractivity (Wildman–Crippen MR) is 67.7 cm³/mol. The van der Waals surface area contributed by atoms with Crippen molar-refractivity contribution in [3.63, 3.8) is 0 Å². The summed E-state index contributed by atoms with van der Waals surface area (Å²) >= 11 is 0. The summed E-state index contributed by atoms with van der Waals surface area (Å²) in [6.45, 7) is 1.41. The number of nitrogens with two attached hydrogens (primary N) is 1. The highest BCUT2D eigenvalue weighted by Gasteiger charge is 2.22. The van der Waals surface area contributed by atoms with Gasteiger partial charge >= 0.3 is 0 Å². The first-order valence-electron chi connectivity index (χ1n) is 5.47. The average Bonchev–Trinajstić information content (AvgIpc) is 3.10. The van der Waals surface area contributed by atoms with Gasteiger partial charge in [-0.2, -0.15) is 0 Å². The molecule has 96 valence electrons. The number of ether oxygens (including phenoxy) is 2. The van der Waals surface area contributed by atoms with Crippen molar-refractivity contribution in [3.8, 4) is 5.75 Å². The Morgan fingerprint density at radius 2 is 2.29 bits per heavy atom. The molecule has 1 saturated heterocycles. The van der Waals surface area contributed by atoms with Gasteiger partial charge < -0.3 is 20.3 Å². The van der Waals surface area contributed by atoms with Gasteiger partial charge in [-0.15, -0.1) is 12.4 Å². The number of aliphatic hydroxyl groups excluding tert-OH is 1. The SMILES string of the molecule is Cl.NC(CO)Cc1cccc(OCC2CO2)c1. The molecule has 2 atom stereocenters. The van der Waals surface area contributed by atoms with Gasteiger partial charge in [-0.3, -0.25) is 0 Å². The molecular weight excluding hydrogens is 242 g/mol. The lowest BCUT2D eigenvalue weighted by molar-refractivity contribution is 0.261. The van der Waals surface area contributed by atoms with Gasteiger partial charge in [0.25, 0.3) is 0 Å². The molecule has 5 heteroatoms. The number of rotatable bonds is 6. The smallest absolute Gasteiger partial charge is 0.119 e. The maximum Gasteiger partial charge on any atom is 0.119 e. The second-order valence-electron chi connectivity index (χ2n) is 4.06. The third-order valence-electron chi connectivity index (χ3n) is 2.47. The van der Waals surface area contributed by atoms with Gasteiger partial charge in [0, 0.05) is 6.04 Å². The summed E-state index contributed by atoms with van der Waals surface area (Å²) in [5.74, 6) is 0.832. The van der Waals surface area contributed by atoms with Crippen molar-refractivity contribution in [2.75, 3.05) is 19.8 Å². The molecule has 1 fully saturated rings. The van der Waals surface area contributed by atoms with Crippen LogP contribution in [0.25, 0.3) is 0 Å². The first kappa shape index (κ1) is 14.3. The van der Waals surface area contributed by atoms with Crippen LogP contribution in [0.15, 0.2) is 24.3 Å². The van der Waals surface area contributed by atoms with Crippen molar-refractivity contribution >= 4 is 12.4 Å². The highest BCUT2D eigenvalue weighted by atomic mass is 35.5. The molecule has 1 aromatic carbocycles. The van der Waals surface area contributed by atoms with E-state index in [0.717, 1.165) is 17.9 Å². The molecule has 4 nitrogen and oxygen atoms in total. The van der Waals surface area contributed by atoms with E-state index in [1.807, 2.05) is 24.3 Å². The Labute approximate surface area is 107 Å². The lowest BCUT2D eigenvalue weighted by atomic mass is 10.1. The number of epoxide rings is 1. The molecule has 17 heavy (non-hydrogen) atoms. The third-order valence-corrected chi connectivity index (χ3v) is 2.47. The maximum absolute atomic E-state index is 8.88. The first-order valence-corrected chi connectivity index (χ1v) is 5.47. The summed E-state index contributed by atoms with van der Waals surface area (Å²) in [6, 6.07) is 7.58. The molecule has 1 aliphatic rings. The Hall–Kier alpha value is -0.810. The number of hydrogen-bond donors (Lipinski definition) is 2. The van der Waals surface area contributed by atoms with Gasteiger partial charge in [0.1, 0.15) is 18.5 Å². The zero-order chi connectivity index (χ0) is 11.4. The number of benzene rings is 1. The standard InChI is InChI=1S/C12H17NO3.ClH/c13-10(6-14)4-9-2-1-3-11(5-9)15-7-12-8-16-12;/h1-3,5,10,12,14H,4,6-8,13H2;1H. The molecule has 1 aliphatic heterocycles. The maximum atomic E-state index is 8.88. The second kappa shape index (κ2) is 6.81. The van der Waals surface area contributed by atoms with Crippen LogP contribution in [0.2, 0.25) is 0 Å². The quantitative estimate of drug-likeness (QED) is 0.740. The van der Waals surface area contributed by atoms with E-state index in [1.165, 1.54) is 0 Å². The largest absolute Gasteiger partial charge is 0.491 e. The third kappa shape index (κ3) is 4.91. The lowest BCUT2D eigenvalue weighted by Gasteiger charge is -2.10. The van der Waals surface area contributed by atoms with E-state index in [4.69, 9.17) is 20.3 Å². The lowest BCUT2D eigenvalue weighted by Crippen LogP contribution is -2.26. The minimum atomic E-state index is -0.206. The van der Waals surface area contributed by atoms with E-state index in [1.54, 1.807) is 0 Å². The van der Waals surface area contributed by atoms with E-state index in [9.17, 15) is 0 Å². The number of hydrogen-bond acceptors (Lipinski definition) is 4. The van der Waals surface area contributed by atoms with Gasteiger partial charge in [-0.05, 0) is 24.1 Å². The fourth-order valence-corrected chi connectivity index (χ4v) is 1.48. The van der Waals surface area contributed by atoms with Gasteiger partial charge in [0.2, 0.25) is 0 Å². The number of halogens is 1.